The molecular weight excluding hydrogens is 246 g/mol. The first kappa shape index (κ1) is 13.3. The van der Waals surface area contributed by atoms with Crippen LogP contribution < -0.4 is 11.3 Å². The molecule has 1 atom stereocenters. The van der Waals surface area contributed by atoms with Crippen molar-refractivity contribution in [3.05, 3.63) is 39.2 Å². The third-order valence-corrected chi connectivity index (χ3v) is 4.12. The fraction of sp³-hybridized carbons (Fsp3) is 0.462. The second-order valence-electron chi connectivity index (χ2n) is 4.33. The van der Waals surface area contributed by atoms with E-state index in [1.54, 1.807) is 11.3 Å². The third kappa shape index (κ3) is 2.80. The van der Waals surface area contributed by atoms with Crippen molar-refractivity contribution in [3.8, 4) is 0 Å². The van der Waals surface area contributed by atoms with Crippen molar-refractivity contribution in [3.63, 3.8) is 0 Å². The highest BCUT2D eigenvalue weighted by atomic mass is 32.1. The van der Waals surface area contributed by atoms with Crippen LogP contribution in [0.5, 0.6) is 0 Å². The lowest BCUT2D eigenvalue weighted by atomic mass is 10.2. The summed E-state index contributed by atoms with van der Waals surface area (Å²) in [6, 6.07) is 3.96. The molecule has 1 unspecified atom stereocenters. The predicted octanol–water partition coefficient (Wildman–Crippen LogP) is 2.66. The van der Waals surface area contributed by atoms with E-state index >= 15 is 0 Å². The first-order chi connectivity index (χ1) is 8.63. The Hall–Kier alpha value is -1.17. The van der Waals surface area contributed by atoms with E-state index in [9.17, 15) is 0 Å². The van der Waals surface area contributed by atoms with Crippen LogP contribution in [-0.2, 0) is 12.8 Å². The van der Waals surface area contributed by atoms with Crippen LogP contribution in [0.4, 0.5) is 0 Å². The van der Waals surface area contributed by atoms with Crippen molar-refractivity contribution in [2.45, 2.75) is 39.7 Å². The van der Waals surface area contributed by atoms with E-state index in [1.807, 2.05) is 19.1 Å². The molecule has 0 aliphatic heterocycles. The van der Waals surface area contributed by atoms with Crippen LogP contribution in [0.1, 0.15) is 40.1 Å². The molecule has 0 radical (unpaired) electrons. The minimum absolute atomic E-state index is 0.0183. The molecule has 4 nitrogen and oxygen atoms in total. The third-order valence-electron chi connectivity index (χ3n) is 3.03. The van der Waals surface area contributed by atoms with Crippen molar-refractivity contribution in [1.29, 1.82) is 0 Å². The lowest BCUT2D eigenvalue weighted by molar-refractivity contribution is 0.396. The van der Waals surface area contributed by atoms with Crippen molar-refractivity contribution < 1.29 is 4.42 Å². The molecule has 0 fully saturated rings. The molecule has 5 heteroatoms. The molecule has 0 saturated heterocycles. The Balaban J connectivity index is 2.13. The summed E-state index contributed by atoms with van der Waals surface area (Å²) >= 11 is 1.72. The number of nitrogens with two attached hydrogens (primary N) is 1. The van der Waals surface area contributed by atoms with E-state index in [0.717, 1.165) is 35.1 Å². The molecule has 98 valence electrons. The summed E-state index contributed by atoms with van der Waals surface area (Å²) in [6.45, 7) is 6.19. The van der Waals surface area contributed by atoms with Crippen LogP contribution in [0.15, 0.2) is 16.5 Å². The van der Waals surface area contributed by atoms with Gasteiger partial charge in [0.25, 0.3) is 0 Å². The quantitative estimate of drug-likeness (QED) is 0.644. The molecule has 2 aromatic rings. The van der Waals surface area contributed by atoms with E-state index < -0.39 is 0 Å². The molecular formula is C13H19N3OS. The molecule has 0 saturated carbocycles. The molecule has 0 spiro atoms. The number of thiazole rings is 1. The van der Waals surface area contributed by atoms with Gasteiger partial charge in [0.2, 0.25) is 0 Å². The van der Waals surface area contributed by atoms with Gasteiger partial charge in [-0.15, -0.1) is 11.3 Å². The second kappa shape index (κ2) is 5.65. The number of hydrogen-bond acceptors (Lipinski definition) is 5. The van der Waals surface area contributed by atoms with Gasteiger partial charge in [-0.1, -0.05) is 6.92 Å². The highest BCUT2D eigenvalue weighted by Gasteiger charge is 2.17. The lowest BCUT2D eigenvalue weighted by Gasteiger charge is -2.11. The van der Waals surface area contributed by atoms with Crippen molar-refractivity contribution >= 4 is 11.3 Å². The highest BCUT2D eigenvalue weighted by molar-refractivity contribution is 7.11. The van der Waals surface area contributed by atoms with Crippen LogP contribution in [0.2, 0.25) is 0 Å². The molecule has 0 aliphatic carbocycles. The number of nitrogens with one attached hydrogen (secondary N) is 1. The predicted molar refractivity (Wildman–Crippen MR) is 73.4 cm³/mol. The molecule has 18 heavy (non-hydrogen) atoms. The maximum absolute atomic E-state index is 5.73. The Morgan fingerprint density at radius 3 is 2.72 bits per heavy atom. The Bertz CT molecular complexity index is 499. The van der Waals surface area contributed by atoms with Gasteiger partial charge in [-0.2, -0.15) is 0 Å². The number of rotatable bonds is 5. The van der Waals surface area contributed by atoms with Gasteiger partial charge in [0.1, 0.15) is 11.5 Å². The zero-order valence-corrected chi connectivity index (χ0v) is 11.8. The van der Waals surface area contributed by atoms with Crippen LogP contribution in [-0.4, -0.2) is 4.98 Å². The lowest BCUT2D eigenvalue weighted by Crippen LogP contribution is -2.29. The number of aromatic nitrogens is 1. The highest BCUT2D eigenvalue weighted by Crippen LogP contribution is 2.24. The molecule has 0 aliphatic rings. The number of furan rings is 1. The average Bonchev–Trinajstić information content (AvgIpc) is 2.94. The smallest absolute Gasteiger partial charge is 0.122 e. The van der Waals surface area contributed by atoms with Gasteiger partial charge < -0.3 is 4.42 Å². The molecule has 2 aromatic heterocycles. The van der Waals surface area contributed by atoms with Crippen molar-refractivity contribution in [1.82, 2.24) is 10.4 Å². The SMILES string of the molecule is CCc1ccc(C(Cc2nc(C)c(C)s2)NN)o1. The Labute approximate surface area is 111 Å². The summed E-state index contributed by atoms with van der Waals surface area (Å²) in [5.41, 5.74) is 3.90. The fourth-order valence-electron chi connectivity index (χ4n) is 1.81. The van der Waals surface area contributed by atoms with Gasteiger partial charge >= 0.3 is 0 Å². The Kier molecular flexibility index (Phi) is 4.16. The van der Waals surface area contributed by atoms with Crippen molar-refractivity contribution in [2.24, 2.45) is 5.84 Å². The Morgan fingerprint density at radius 2 is 2.22 bits per heavy atom. The zero-order valence-electron chi connectivity index (χ0n) is 11.0. The number of hydrogen-bond donors (Lipinski definition) is 2. The van der Waals surface area contributed by atoms with Gasteiger partial charge in [0.15, 0.2) is 0 Å². The summed E-state index contributed by atoms with van der Waals surface area (Å²) in [4.78, 5) is 5.79. The standard InChI is InChI=1S/C13H19N3OS/c1-4-10-5-6-12(17-10)11(16-14)7-13-15-8(2)9(3)18-13/h5-6,11,16H,4,7,14H2,1-3H3. The average molecular weight is 265 g/mol. The van der Waals surface area contributed by atoms with Gasteiger partial charge in [-0.25, -0.2) is 10.4 Å². The van der Waals surface area contributed by atoms with E-state index in [-0.39, 0.29) is 6.04 Å². The van der Waals surface area contributed by atoms with Gasteiger partial charge in [-0.05, 0) is 26.0 Å². The van der Waals surface area contributed by atoms with E-state index in [4.69, 9.17) is 10.3 Å². The normalized spacial score (nSPS) is 12.9. The first-order valence-electron chi connectivity index (χ1n) is 6.11. The first-order valence-corrected chi connectivity index (χ1v) is 6.93. The molecule has 0 amide bonds. The summed E-state index contributed by atoms with van der Waals surface area (Å²) in [7, 11) is 0. The molecule has 0 bridgehead atoms. The summed E-state index contributed by atoms with van der Waals surface area (Å²) in [6.07, 6.45) is 1.65. The fourth-order valence-corrected chi connectivity index (χ4v) is 2.79. The monoisotopic (exact) mass is 265 g/mol. The van der Waals surface area contributed by atoms with Crippen LogP contribution >= 0.6 is 11.3 Å². The largest absolute Gasteiger partial charge is 0.464 e. The second-order valence-corrected chi connectivity index (χ2v) is 5.62. The maximum Gasteiger partial charge on any atom is 0.122 e. The number of aryl methyl sites for hydroxylation is 3. The number of nitrogens with zero attached hydrogens (tertiary/aromatic N) is 1. The Morgan fingerprint density at radius 1 is 1.44 bits per heavy atom. The molecule has 0 aromatic carbocycles. The van der Waals surface area contributed by atoms with E-state index in [1.165, 1.54) is 4.88 Å². The minimum Gasteiger partial charge on any atom is -0.464 e. The summed E-state index contributed by atoms with van der Waals surface area (Å²) in [5, 5.41) is 1.09. The van der Waals surface area contributed by atoms with Gasteiger partial charge in [0, 0.05) is 17.7 Å². The number of hydrazine groups is 1. The zero-order chi connectivity index (χ0) is 13.1. The minimum atomic E-state index is -0.0183. The van der Waals surface area contributed by atoms with Crippen LogP contribution in [0.25, 0.3) is 0 Å². The van der Waals surface area contributed by atoms with Crippen LogP contribution in [0.3, 0.4) is 0 Å². The molecule has 2 heterocycles. The van der Waals surface area contributed by atoms with Gasteiger partial charge in [-0.3, -0.25) is 5.84 Å². The molecule has 2 rings (SSSR count). The van der Waals surface area contributed by atoms with E-state index in [0.29, 0.717) is 0 Å². The summed E-state index contributed by atoms with van der Waals surface area (Å²) in [5.74, 6) is 7.47. The topological polar surface area (TPSA) is 64.1 Å². The van der Waals surface area contributed by atoms with Gasteiger partial charge in [0.05, 0.1) is 16.7 Å². The van der Waals surface area contributed by atoms with Crippen molar-refractivity contribution in [2.75, 3.05) is 0 Å². The maximum atomic E-state index is 5.73. The molecule has 3 N–H and O–H groups in total. The van der Waals surface area contributed by atoms with E-state index in [2.05, 4.69) is 24.3 Å². The summed E-state index contributed by atoms with van der Waals surface area (Å²) < 4.78 is 5.73. The van der Waals surface area contributed by atoms with Crippen LogP contribution in [0, 0.1) is 13.8 Å².